The van der Waals surface area contributed by atoms with Crippen molar-refractivity contribution >= 4 is 11.6 Å². The molecule has 2 rings (SSSR count). The zero-order chi connectivity index (χ0) is 12.1. The summed E-state index contributed by atoms with van der Waals surface area (Å²) in [5.74, 6) is 6.80. The number of aliphatic imine (C=N–C) groups is 1. The Hall–Kier alpha value is -1.55. The molecule has 92 valence electrons. The molecule has 0 saturated heterocycles. The molecule has 1 aliphatic carbocycles. The third kappa shape index (κ3) is 3.20. The highest BCUT2D eigenvalue weighted by Gasteiger charge is 2.23. The van der Waals surface area contributed by atoms with Crippen LogP contribution in [0.3, 0.4) is 0 Å². The average molecular weight is 232 g/mol. The fourth-order valence-electron chi connectivity index (χ4n) is 2.25. The second kappa shape index (κ2) is 5.68. The first-order valence-corrected chi connectivity index (χ1v) is 6.16. The summed E-state index contributed by atoms with van der Waals surface area (Å²) in [6.45, 7) is 2.25. The number of hydrazine groups is 1. The number of guanidine groups is 1. The molecule has 1 saturated carbocycles. The van der Waals surface area contributed by atoms with Crippen LogP contribution in [-0.2, 0) is 0 Å². The van der Waals surface area contributed by atoms with E-state index in [1.165, 1.54) is 12.8 Å². The molecule has 0 heterocycles. The SMILES string of the molecule is CC1CCCC1N=C(NN)Nc1ccccc1. The summed E-state index contributed by atoms with van der Waals surface area (Å²) in [5, 5.41) is 3.19. The van der Waals surface area contributed by atoms with E-state index in [9.17, 15) is 0 Å². The van der Waals surface area contributed by atoms with Gasteiger partial charge in [-0.05, 0) is 30.9 Å². The summed E-state index contributed by atoms with van der Waals surface area (Å²) >= 11 is 0. The lowest BCUT2D eigenvalue weighted by Crippen LogP contribution is -2.37. The topological polar surface area (TPSA) is 62.4 Å². The summed E-state index contributed by atoms with van der Waals surface area (Å²) in [6.07, 6.45) is 3.68. The molecule has 0 aliphatic heterocycles. The van der Waals surface area contributed by atoms with Gasteiger partial charge in [0.05, 0.1) is 6.04 Å². The van der Waals surface area contributed by atoms with E-state index in [0.717, 1.165) is 12.1 Å². The van der Waals surface area contributed by atoms with Crippen molar-refractivity contribution in [3.8, 4) is 0 Å². The van der Waals surface area contributed by atoms with Crippen LogP contribution in [0.2, 0.25) is 0 Å². The second-order valence-electron chi connectivity index (χ2n) is 4.59. The third-order valence-corrected chi connectivity index (χ3v) is 3.28. The third-order valence-electron chi connectivity index (χ3n) is 3.28. The Balaban J connectivity index is 2.03. The van der Waals surface area contributed by atoms with E-state index in [1.54, 1.807) is 0 Å². The Morgan fingerprint density at radius 2 is 2.06 bits per heavy atom. The van der Waals surface area contributed by atoms with Gasteiger partial charge < -0.3 is 5.32 Å². The lowest BCUT2D eigenvalue weighted by molar-refractivity contribution is 0.528. The van der Waals surface area contributed by atoms with Crippen LogP contribution in [0.5, 0.6) is 0 Å². The van der Waals surface area contributed by atoms with Gasteiger partial charge in [-0.25, -0.2) is 10.8 Å². The van der Waals surface area contributed by atoms with Crippen molar-refractivity contribution in [3.63, 3.8) is 0 Å². The number of anilines is 1. The van der Waals surface area contributed by atoms with Gasteiger partial charge in [0.2, 0.25) is 5.96 Å². The zero-order valence-electron chi connectivity index (χ0n) is 10.2. The number of nitrogens with zero attached hydrogens (tertiary/aromatic N) is 1. The van der Waals surface area contributed by atoms with Crippen LogP contribution in [-0.4, -0.2) is 12.0 Å². The molecular weight excluding hydrogens is 212 g/mol. The van der Waals surface area contributed by atoms with Crippen molar-refractivity contribution in [2.75, 3.05) is 5.32 Å². The Morgan fingerprint density at radius 1 is 1.29 bits per heavy atom. The molecule has 1 aromatic carbocycles. The summed E-state index contributed by atoms with van der Waals surface area (Å²) in [6, 6.07) is 10.3. The molecule has 1 fully saturated rings. The first-order valence-electron chi connectivity index (χ1n) is 6.16. The van der Waals surface area contributed by atoms with Crippen molar-refractivity contribution in [2.45, 2.75) is 32.2 Å². The molecule has 4 N–H and O–H groups in total. The highest BCUT2D eigenvalue weighted by molar-refractivity contribution is 5.93. The molecule has 0 bridgehead atoms. The highest BCUT2D eigenvalue weighted by Crippen LogP contribution is 2.27. The molecule has 4 heteroatoms. The largest absolute Gasteiger partial charge is 0.325 e. The van der Waals surface area contributed by atoms with Gasteiger partial charge in [-0.15, -0.1) is 0 Å². The average Bonchev–Trinajstić information content (AvgIpc) is 2.75. The van der Waals surface area contributed by atoms with E-state index in [4.69, 9.17) is 5.84 Å². The van der Waals surface area contributed by atoms with Gasteiger partial charge in [-0.2, -0.15) is 0 Å². The maximum Gasteiger partial charge on any atom is 0.210 e. The Bertz CT molecular complexity index is 374. The zero-order valence-corrected chi connectivity index (χ0v) is 10.2. The molecule has 1 aromatic rings. The molecule has 0 amide bonds. The first kappa shape index (κ1) is 11.9. The van der Waals surface area contributed by atoms with Crippen LogP contribution in [0, 0.1) is 5.92 Å². The van der Waals surface area contributed by atoms with Crippen molar-refractivity contribution in [2.24, 2.45) is 16.8 Å². The number of hydrogen-bond donors (Lipinski definition) is 3. The predicted octanol–water partition coefficient (Wildman–Crippen LogP) is 2.11. The second-order valence-corrected chi connectivity index (χ2v) is 4.59. The summed E-state index contributed by atoms with van der Waals surface area (Å²) in [7, 11) is 0. The van der Waals surface area contributed by atoms with Crippen LogP contribution in [0.25, 0.3) is 0 Å². The molecule has 2 unspecified atom stereocenters. The minimum Gasteiger partial charge on any atom is -0.325 e. The number of benzene rings is 1. The van der Waals surface area contributed by atoms with Gasteiger partial charge in [-0.3, -0.25) is 5.43 Å². The minimum atomic E-state index is 0.386. The monoisotopic (exact) mass is 232 g/mol. The van der Waals surface area contributed by atoms with Gasteiger partial charge in [0, 0.05) is 5.69 Å². The molecule has 2 atom stereocenters. The molecule has 0 radical (unpaired) electrons. The van der Waals surface area contributed by atoms with Gasteiger partial charge in [0.1, 0.15) is 0 Å². The van der Waals surface area contributed by atoms with E-state index in [0.29, 0.717) is 17.9 Å². The van der Waals surface area contributed by atoms with E-state index < -0.39 is 0 Å². The first-order chi connectivity index (χ1) is 8.29. The maximum atomic E-state index is 5.50. The normalized spacial score (nSPS) is 24.7. The molecule has 17 heavy (non-hydrogen) atoms. The molecular formula is C13H20N4. The number of hydrogen-bond acceptors (Lipinski definition) is 2. The summed E-state index contributed by atoms with van der Waals surface area (Å²) in [5.41, 5.74) is 3.63. The van der Waals surface area contributed by atoms with Gasteiger partial charge in [-0.1, -0.05) is 31.5 Å². The van der Waals surface area contributed by atoms with Crippen LogP contribution in [0.1, 0.15) is 26.2 Å². The van der Waals surface area contributed by atoms with E-state index in [1.807, 2.05) is 30.3 Å². The number of rotatable bonds is 2. The van der Waals surface area contributed by atoms with E-state index in [-0.39, 0.29) is 0 Å². The Morgan fingerprint density at radius 3 is 2.65 bits per heavy atom. The molecule has 0 spiro atoms. The van der Waals surface area contributed by atoms with Gasteiger partial charge in [0.25, 0.3) is 0 Å². The summed E-state index contributed by atoms with van der Waals surface area (Å²) < 4.78 is 0. The highest BCUT2D eigenvalue weighted by atomic mass is 15.3. The predicted molar refractivity (Wildman–Crippen MR) is 71.6 cm³/mol. The van der Waals surface area contributed by atoms with Crippen LogP contribution >= 0.6 is 0 Å². The van der Waals surface area contributed by atoms with Gasteiger partial charge >= 0.3 is 0 Å². The van der Waals surface area contributed by atoms with Crippen molar-refractivity contribution in [1.82, 2.24) is 5.43 Å². The van der Waals surface area contributed by atoms with Crippen LogP contribution in [0.4, 0.5) is 5.69 Å². The lowest BCUT2D eigenvalue weighted by Gasteiger charge is -2.14. The Kier molecular flexibility index (Phi) is 3.98. The molecule has 4 nitrogen and oxygen atoms in total. The molecule has 1 aliphatic rings. The number of nitrogens with one attached hydrogen (secondary N) is 2. The smallest absolute Gasteiger partial charge is 0.210 e. The van der Waals surface area contributed by atoms with Crippen molar-refractivity contribution < 1.29 is 0 Å². The Labute approximate surface area is 102 Å². The van der Waals surface area contributed by atoms with E-state index in [2.05, 4.69) is 22.7 Å². The fraction of sp³-hybridized carbons (Fsp3) is 0.462. The molecule has 0 aromatic heterocycles. The van der Waals surface area contributed by atoms with Gasteiger partial charge in [0.15, 0.2) is 0 Å². The number of nitrogens with two attached hydrogens (primary N) is 1. The van der Waals surface area contributed by atoms with Crippen LogP contribution < -0.4 is 16.6 Å². The van der Waals surface area contributed by atoms with E-state index >= 15 is 0 Å². The minimum absolute atomic E-state index is 0.386. The maximum absolute atomic E-state index is 5.50. The lowest BCUT2D eigenvalue weighted by atomic mass is 10.1. The van der Waals surface area contributed by atoms with Crippen molar-refractivity contribution in [1.29, 1.82) is 0 Å². The number of para-hydroxylation sites is 1. The van der Waals surface area contributed by atoms with Crippen LogP contribution in [0.15, 0.2) is 35.3 Å². The fourth-order valence-corrected chi connectivity index (χ4v) is 2.25. The standard InChI is InChI=1S/C13H20N4/c1-10-6-5-9-12(10)16-13(17-14)15-11-7-3-2-4-8-11/h2-4,7-8,10,12H,5-6,9,14H2,1H3,(H2,15,16,17). The van der Waals surface area contributed by atoms with Crippen molar-refractivity contribution in [3.05, 3.63) is 30.3 Å². The quantitative estimate of drug-likeness (QED) is 0.317. The summed E-state index contributed by atoms with van der Waals surface area (Å²) in [4.78, 5) is 4.64.